The first-order chi connectivity index (χ1) is 24.4. The standard InChI is InChI=1S/C42H57FN2O6/c1-26(32-14-15-33-39-34(20-22-42(32,33)3)41(2)21-19-31(46)23-28(41)24-36(39)47)9-17-38(49)45-35(40(50)51-25-27-7-5-4-6-8-27)16-18-37(48)44-30-12-10-29(43)11-13-30/h4-8,10-13,26,28,31-36,39,46-47H,9,14-25H2,1-3H3,(H,44,48)(H,45,49)/t26-,28+,31-,32-,33+,34+,35+,36-,39+,41+,42-/m1/s1. The van der Waals surface area contributed by atoms with Crippen LogP contribution in [0.1, 0.15) is 103 Å². The molecule has 0 heterocycles. The van der Waals surface area contributed by atoms with Gasteiger partial charge in [0.15, 0.2) is 0 Å². The monoisotopic (exact) mass is 704 g/mol. The van der Waals surface area contributed by atoms with Gasteiger partial charge in [-0.15, -0.1) is 0 Å². The molecule has 0 aliphatic heterocycles. The van der Waals surface area contributed by atoms with Crippen LogP contribution >= 0.6 is 0 Å². The van der Waals surface area contributed by atoms with Gasteiger partial charge in [-0.2, -0.15) is 0 Å². The van der Waals surface area contributed by atoms with Gasteiger partial charge >= 0.3 is 5.97 Å². The molecule has 4 fully saturated rings. The SMILES string of the molecule is C[C@H](CCC(=O)N[C@@H](CCC(=O)Nc1ccc(F)cc1)C(=O)OCc1ccccc1)[C@H]1CC[C@H]2[C@@H]3[C@H](O)C[C@@H]4C[C@H](O)CC[C@]4(C)[C@H]3CC[C@]12C. The molecule has 4 aliphatic rings. The fourth-order valence-electron chi connectivity index (χ4n) is 11.1. The fourth-order valence-corrected chi connectivity index (χ4v) is 11.1. The summed E-state index contributed by atoms with van der Waals surface area (Å²) in [5.74, 6) is 0.790. The first-order valence-electron chi connectivity index (χ1n) is 19.3. The van der Waals surface area contributed by atoms with Gasteiger partial charge in [-0.25, -0.2) is 9.18 Å². The highest BCUT2D eigenvalue weighted by molar-refractivity contribution is 5.91. The van der Waals surface area contributed by atoms with E-state index >= 15 is 0 Å². The average molecular weight is 705 g/mol. The van der Waals surface area contributed by atoms with Gasteiger partial charge in [-0.05, 0) is 140 Å². The topological polar surface area (TPSA) is 125 Å². The van der Waals surface area contributed by atoms with Crippen LogP contribution in [-0.4, -0.2) is 46.2 Å². The van der Waals surface area contributed by atoms with E-state index in [1.165, 1.54) is 24.3 Å². The van der Waals surface area contributed by atoms with Crippen molar-refractivity contribution in [1.29, 1.82) is 0 Å². The smallest absolute Gasteiger partial charge is 0.328 e. The molecule has 2 aromatic carbocycles. The largest absolute Gasteiger partial charge is 0.459 e. The molecule has 4 saturated carbocycles. The second-order valence-corrected chi connectivity index (χ2v) is 16.8. The molecule has 0 aromatic heterocycles. The van der Waals surface area contributed by atoms with Crippen molar-refractivity contribution in [1.82, 2.24) is 5.32 Å². The van der Waals surface area contributed by atoms with Gasteiger partial charge in [0, 0.05) is 18.5 Å². The Labute approximate surface area is 302 Å². The third-order valence-electron chi connectivity index (χ3n) is 13.9. The summed E-state index contributed by atoms with van der Waals surface area (Å²) in [4.78, 5) is 39.3. The Morgan fingerprint density at radius 2 is 1.55 bits per heavy atom. The summed E-state index contributed by atoms with van der Waals surface area (Å²) in [6.07, 6.45) is 8.39. The van der Waals surface area contributed by atoms with Gasteiger partial charge in [-0.1, -0.05) is 51.1 Å². The highest BCUT2D eigenvalue weighted by Gasteiger charge is 2.62. The van der Waals surface area contributed by atoms with E-state index in [4.69, 9.17) is 4.74 Å². The number of fused-ring (bicyclic) bond motifs is 5. The van der Waals surface area contributed by atoms with Crippen LogP contribution in [0.15, 0.2) is 54.6 Å². The molecule has 2 aromatic rings. The van der Waals surface area contributed by atoms with Gasteiger partial charge in [0.25, 0.3) is 0 Å². The molecule has 0 radical (unpaired) electrons. The number of benzene rings is 2. The van der Waals surface area contributed by atoms with Crippen molar-refractivity contribution >= 4 is 23.5 Å². The first-order valence-corrected chi connectivity index (χ1v) is 19.3. The van der Waals surface area contributed by atoms with Gasteiger partial charge in [-0.3, -0.25) is 9.59 Å². The van der Waals surface area contributed by atoms with Gasteiger partial charge in [0.1, 0.15) is 18.5 Å². The van der Waals surface area contributed by atoms with Crippen molar-refractivity contribution in [3.63, 3.8) is 0 Å². The van der Waals surface area contributed by atoms with E-state index in [1.54, 1.807) is 0 Å². The van der Waals surface area contributed by atoms with Crippen LogP contribution in [-0.2, 0) is 25.7 Å². The molecule has 0 unspecified atom stereocenters. The average Bonchev–Trinajstić information content (AvgIpc) is 3.47. The highest BCUT2D eigenvalue weighted by Crippen LogP contribution is 2.68. The Morgan fingerprint density at radius 3 is 2.29 bits per heavy atom. The van der Waals surface area contributed by atoms with E-state index in [2.05, 4.69) is 31.4 Å². The zero-order chi connectivity index (χ0) is 36.3. The molecular formula is C42H57FN2O6. The molecule has 4 N–H and O–H groups in total. The number of carbonyl (C=O) groups excluding carboxylic acids is 3. The summed E-state index contributed by atoms with van der Waals surface area (Å²) in [6.45, 7) is 7.18. The van der Waals surface area contributed by atoms with Gasteiger partial charge < -0.3 is 25.6 Å². The Bertz CT molecular complexity index is 1520. The minimum atomic E-state index is -0.988. The number of hydrogen-bond acceptors (Lipinski definition) is 6. The predicted octanol–water partition coefficient (Wildman–Crippen LogP) is 7.18. The number of aliphatic hydroxyl groups is 2. The minimum absolute atomic E-state index is 0.0324. The Balaban J connectivity index is 1.05. The Hall–Kier alpha value is -3.30. The molecule has 51 heavy (non-hydrogen) atoms. The van der Waals surface area contributed by atoms with Crippen molar-refractivity contribution in [2.45, 2.75) is 123 Å². The summed E-state index contributed by atoms with van der Waals surface area (Å²) < 4.78 is 18.9. The summed E-state index contributed by atoms with van der Waals surface area (Å²) in [7, 11) is 0. The molecule has 8 nitrogen and oxygen atoms in total. The van der Waals surface area contributed by atoms with E-state index < -0.39 is 17.8 Å². The molecule has 6 rings (SSSR count). The second kappa shape index (κ2) is 15.7. The number of carbonyl (C=O) groups is 3. The van der Waals surface area contributed by atoms with Crippen molar-refractivity contribution in [2.75, 3.05) is 5.32 Å². The van der Waals surface area contributed by atoms with E-state index in [9.17, 15) is 29.0 Å². The first kappa shape index (κ1) is 37.5. The number of nitrogens with one attached hydrogen (secondary N) is 2. The number of aliphatic hydroxyl groups excluding tert-OH is 2. The molecule has 11 atom stereocenters. The van der Waals surface area contributed by atoms with Crippen LogP contribution in [0.25, 0.3) is 0 Å². The van der Waals surface area contributed by atoms with Crippen molar-refractivity contribution < 1.29 is 33.7 Å². The number of amides is 2. The Morgan fingerprint density at radius 1 is 0.863 bits per heavy atom. The quantitative estimate of drug-likeness (QED) is 0.174. The lowest BCUT2D eigenvalue weighted by molar-refractivity contribution is -0.174. The second-order valence-electron chi connectivity index (χ2n) is 16.8. The maximum absolute atomic E-state index is 13.4. The van der Waals surface area contributed by atoms with Gasteiger partial charge in [0.2, 0.25) is 11.8 Å². The number of anilines is 1. The van der Waals surface area contributed by atoms with Crippen LogP contribution in [0.2, 0.25) is 0 Å². The zero-order valence-electron chi connectivity index (χ0n) is 30.5. The lowest BCUT2D eigenvalue weighted by Gasteiger charge is -2.62. The summed E-state index contributed by atoms with van der Waals surface area (Å²) in [5.41, 5.74) is 1.57. The van der Waals surface area contributed by atoms with Gasteiger partial charge in [0.05, 0.1) is 12.2 Å². The van der Waals surface area contributed by atoms with E-state index in [0.29, 0.717) is 47.6 Å². The third-order valence-corrected chi connectivity index (χ3v) is 13.9. The van der Waals surface area contributed by atoms with Crippen molar-refractivity contribution in [2.24, 2.45) is 46.3 Å². The normalized spacial score (nSPS) is 33.9. The molecule has 9 heteroatoms. The highest BCUT2D eigenvalue weighted by atomic mass is 19.1. The summed E-state index contributed by atoms with van der Waals surface area (Å²) in [5, 5.41) is 27.6. The van der Waals surface area contributed by atoms with Crippen molar-refractivity contribution in [3.8, 4) is 0 Å². The maximum atomic E-state index is 13.4. The van der Waals surface area contributed by atoms with Crippen LogP contribution in [0.4, 0.5) is 10.1 Å². The zero-order valence-corrected chi connectivity index (χ0v) is 30.5. The number of ether oxygens (including phenoxy) is 1. The van der Waals surface area contributed by atoms with E-state index in [1.807, 2.05) is 30.3 Å². The summed E-state index contributed by atoms with van der Waals surface area (Å²) in [6, 6.07) is 13.8. The number of hydrogen-bond donors (Lipinski definition) is 4. The molecule has 2 amide bonds. The molecule has 0 saturated heterocycles. The molecule has 0 spiro atoms. The molecule has 0 bridgehead atoms. The lowest BCUT2D eigenvalue weighted by Crippen LogP contribution is -2.58. The maximum Gasteiger partial charge on any atom is 0.328 e. The molecule has 278 valence electrons. The van der Waals surface area contributed by atoms with Crippen LogP contribution in [0.3, 0.4) is 0 Å². The van der Waals surface area contributed by atoms with Crippen LogP contribution < -0.4 is 10.6 Å². The predicted molar refractivity (Wildman–Crippen MR) is 193 cm³/mol. The van der Waals surface area contributed by atoms with Crippen LogP contribution in [0.5, 0.6) is 0 Å². The molecular weight excluding hydrogens is 647 g/mol. The Kier molecular flexibility index (Phi) is 11.6. The number of esters is 1. The fraction of sp³-hybridized carbons (Fsp3) is 0.643. The van der Waals surface area contributed by atoms with E-state index in [-0.39, 0.29) is 60.7 Å². The van der Waals surface area contributed by atoms with E-state index in [0.717, 1.165) is 56.9 Å². The number of rotatable bonds is 12. The summed E-state index contributed by atoms with van der Waals surface area (Å²) >= 11 is 0. The number of halogens is 1. The van der Waals surface area contributed by atoms with Crippen LogP contribution in [0, 0.1) is 52.2 Å². The third kappa shape index (κ3) is 8.20. The lowest BCUT2D eigenvalue weighted by atomic mass is 9.43. The van der Waals surface area contributed by atoms with Crippen molar-refractivity contribution in [3.05, 3.63) is 66.0 Å². The minimum Gasteiger partial charge on any atom is -0.459 e. The molecule has 4 aliphatic carbocycles.